The van der Waals surface area contributed by atoms with Crippen molar-refractivity contribution < 1.29 is 8.78 Å². The molecule has 0 bridgehead atoms. The Balaban J connectivity index is 1.79. The smallest absolute Gasteiger partial charge is 0.160 e. The van der Waals surface area contributed by atoms with Crippen LogP contribution in [-0.2, 0) is 6.54 Å². The highest BCUT2D eigenvalue weighted by Crippen LogP contribution is 2.15. The lowest BCUT2D eigenvalue weighted by Crippen LogP contribution is -2.21. The zero-order chi connectivity index (χ0) is 14.8. The number of fused-ring (bicyclic) bond motifs is 1. The predicted octanol–water partition coefficient (Wildman–Crippen LogP) is 2.86. The molecule has 21 heavy (non-hydrogen) atoms. The molecule has 0 unspecified atom stereocenters. The van der Waals surface area contributed by atoms with Gasteiger partial charge in [-0.25, -0.2) is 8.78 Å². The second-order valence-corrected chi connectivity index (χ2v) is 4.79. The van der Waals surface area contributed by atoms with Crippen molar-refractivity contribution in [3.63, 3.8) is 0 Å². The van der Waals surface area contributed by atoms with E-state index in [2.05, 4.69) is 15.5 Å². The number of hydrogen-bond donors (Lipinski definition) is 1. The van der Waals surface area contributed by atoms with Gasteiger partial charge >= 0.3 is 0 Å². The molecule has 1 N–H and O–H groups in total. The average Bonchev–Trinajstić information content (AvgIpc) is 2.90. The van der Waals surface area contributed by atoms with Crippen molar-refractivity contribution in [3.05, 3.63) is 65.6 Å². The van der Waals surface area contributed by atoms with Gasteiger partial charge in [-0.15, -0.1) is 10.2 Å². The normalized spacial score (nSPS) is 12.7. The fourth-order valence-corrected chi connectivity index (χ4v) is 2.20. The molecule has 6 heteroatoms. The molecule has 1 atom stereocenters. The molecule has 4 nitrogen and oxygen atoms in total. The van der Waals surface area contributed by atoms with Crippen LogP contribution in [0.3, 0.4) is 0 Å². The molecule has 0 saturated heterocycles. The maximum absolute atomic E-state index is 13.6. The predicted molar refractivity (Wildman–Crippen MR) is 74.6 cm³/mol. The zero-order valence-electron chi connectivity index (χ0n) is 11.4. The molecule has 0 saturated carbocycles. The zero-order valence-corrected chi connectivity index (χ0v) is 11.4. The van der Waals surface area contributed by atoms with Crippen LogP contribution in [0.15, 0.2) is 42.6 Å². The number of halogens is 2. The number of pyridine rings is 1. The molecule has 0 aliphatic heterocycles. The van der Waals surface area contributed by atoms with Crippen LogP contribution in [0.5, 0.6) is 0 Å². The average molecular weight is 288 g/mol. The van der Waals surface area contributed by atoms with Crippen LogP contribution in [0.2, 0.25) is 0 Å². The molecular formula is C15H14F2N4. The van der Waals surface area contributed by atoms with Gasteiger partial charge in [-0.05, 0) is 31.2 Å². The van der Waals surface area contributed by atoms with Crippen LogP contribution in [0, 0.1) is 11.6 Å². The van der Waals surface area contributed by atoms with Crippen LogP contribution >= 0.6 is 0 Å². The van der Waals surface area contributed by atoms with Gasteiger partial charge in [-0.2, -0.15) is 0 Å². The summed E-state index contributed by atoms with van der Waals surface area (Å²) in [5.74, 6) is -0.413. The van der Waals surface area contributed by atoms with E-state index < -0.39 is 11.6 Å². The van der Waals surface area contributed by atoms with Crippen molar-refractivity contribution in [1.82, 2.24) is 19.9 Å². The molecule has 2 heterocycles. The quantitative estimate of drug-likeness (QED) is 0.802. The molecule has 108 valence electrons. The summed E-state index contributed by atoms with van der Waals surface area (Å²) < 4.78 is 29.0. The standard InChI is InChI=1S/C15H14F2N4/c1-10(15-20-19-14-7-2-3-8-21(14)15)18-9-11-12(16)5-4-6-13(11)17/h2-8,10,18H,9H2,1H3/t10-/m1/s1. The monoisotopic (exact) mass is 288 g/mol. The van der Waals surface area contributed by atoms with Gasteiger partial charge in [0.2, 0.25) is 0 Å². The summed E-state index contributed by atoms with van der Waals surface area (Å²) in [5, 5.41) is 11.2. The van der Waals surface area contributed by atoms with Crippen LogP contribution in [0.1, 0.15) is 24.4 Å². The molecule has 0 fully saturated rings. The summed E-state index contributed by atoms with van der Waals surface area (Å²) in [6, 6.07) is 9.25. The maximum atomic E-state index is 13.6. The fraction of sp³-hybridized carbons (Fsp3) is 0.200. The van der Waals surface area contributed by atoms with E-state index in [9.17, 15) is 8.78 Å². The number of nitrogens with one attached hydrogen (secondary N) is 1. The first-order valence-corrected chi connectivity index (χ1v) is 6.63. The summed E-state index contributed by atoms with van der Waals surface area (Å²) in [5.41, 5.74) is 0.761. The third-order valence-electron chi connectivity index (χ3n) is 3.37. The van der Waals surface area contributed by atoms with Gasteiger partial charge in [0.25, 0.3) is 0 Å². The number of rotatable bonds is 4. The first-order chi connectivity index (χ1) is 10.2. The summed E-state index contributed by atoms with van der Waals surface area (Å²) in [7, 11) is 0. The Hall–Kier alpha value is -2.34. The first-order valence-electron chi connectivity index (χ1n) is 6.63. The van der Waals surface area contributed by atoms with Crippen molar-refractivity contribution in [2.75, 3.05) is 0 Å². The number of aromatic nitrogens is 3. The minimum atomic E-state index is -0.555. The van der Waals surface area contributed by atoms with Gasteiger partial charge in [0.05, 0.1) is 6.04 Å². The minimum Gasteiger partial charge on any atom is -0.303 e. The highest BCUT2D eigenvalue weighted by Gasteiger charge is 2.15. The largest absolute Gasteiger partial charge is 0.303 e. The number of hydrogen-bond acceptors (Lipinski definition) is 3. The van der Waals surface area contributed by atoms with Gasteiger partial charge < -0.3 is 5.32 Å². The van der Waals surface area contributed by atoms with E-state index in [0.717, 1.165) is 5.65 Å². The third kappa shape index (κ3) is 2.62. The summed E-state index contributed by atoms with van der Waals surface area (Å²) in [6.45, 7) is 1.96. The van der Waals surface area contributed by atoms with E-state index >= 15 is 0 Å². The molecule has 2 aromatic heterocycles. The summed E-state index contributed by atoms with van der Waals surface area (Å²) in [4.78, 5) is 0. The Morgan fingerprint density at radius 3 is 2.62 bits per heavy atom. The molecule has 0 spiro atoms. The lowest BCUT2D eigenvalue weighted by molar-refractivity contribution is 0.496. The van der Waals surface area contributed by atoms with Crippen LogP contribution < -0.4 is 5.32 Å². The Morgan fingerprint density at radius 1 is 1.10 bits per heavy atom. The lowest BCUT2D eigenvalue weighted by Gasteiger charge is -2.13. The second-order valence-electron chi connectivity index (χ2n) is 4.79. The van der Waals surface area contributed by atoms with E-state index in [1.807, 2.05) is 35.7 Å². The van der Waals surface area contributed by atoms with E-state index in [1.54, 1.807) is 0 Å². The Bertz CT molecular complexity index is 749. The number of benzene rings is 1. The highest BCUT2D eigenvalue weighted by atomic mass is 19.1. The van der Waals surface area contributed by atoms with E-state index in [4.69, 9.17) is 0 Å². The molecule has 0 aliphatic carbocycles. The first kappa shape index (κ1) is 13.6. The van der Waals surface area contributed by atoms with Crippen LogP contribution in [0.4, 0.5) is 8.78 Å². The minimum absolute atomic E-state index is 0.0261. The Morgan fingerprint density at radius 2 is 1.86 bits per heavy atom. The van der Waals surface area contributed by atoms with Gasteiger partial charge in [-0.3, -0.25) is 4.40 Å². The molecular weight excluding hydrogens is 274 g/mol. The Labute approximate surface area is 120 Å². The van der Waals surface area contributed by atoms with E-state index in [-0.39, 0.29) is 18.2 Å². The topological polar surface area (TPSA) is 42.2 Å². The maximum Gasteiger partial charge on any atom is 0.160 e. The molecule has 0 aliphatic rings. The van der Waals surface area contributed by atoms with Gasteiger partial charge in [0.1, 0.15) is 11.6 Å². The van der Waals surface area contributed by atoms with Crippen molar-refractivity contribution in [1.29, 1.82) is 0 Å². The molecule has 3 rings (SSSR count). The highest BCUT2D eigenvalue weighted by molar-refractivity contribution is 5.37. The molecule has 3 aromatic rings. The fourth-order valence-electron chi connectivity index (χ4n) is 2.20. The van der Waals surface area contributed by atoms with Crippen LogP contribution in [0.25, 0.3) is 5.65 Å². The van der Waals surface area contributed by atoms with Crippen molar-refractivity contribution in [2.24, 2.45) is 0 Å². The van der Waals surface area contributed by atoms with E-state index in [0.29, 0.717) is 5.82 Å². The summed E-state index contributed by atoms with van der Waals surface area (Å²) in [6.07, 6.45) is 1.85. The Kier molecular flexibility index (Phi) is 3.62. The van der Waals surface area contributed by atoms with Crippen molar-refractivity contribution in [2.45, 2.75) is 19.5 Å². The third-order valence-corrected chi connectivity index (χ3v) is 3.37. The second kappa shape index (κ2) is 5.57. The van der Waals surface area contributed by atoms with Crippen molar-refractivity contribution in [3.8, 4) is 0 Å². The lowest BCUT2D eigenvalue weighted by atomic mass is 10.2. The molecule has 1 aromatic carbocycles. The van der Waals surface area contributed by atoms with E-state index in [1.165, 1.54) is 18.2 Å². The van der Waals surface area contributed by atoms with Crippen LogP contribution in [-0.4, -0.2) is 14.6 Å². The van der Waals surface area contributed by atoms with Crippen molar-refractivity contribution >= 4 is 5.65 Å². The van der Waals surface area contributed by atoms with Gasteiger partial charge in [0.15, 0.2) is 11.5 Å². The molecule has 0 radical (unpaired) electrons. The SMILES string of the molecule is C[C@@H](NCc1c(F)cccc1F)c1nnc2ccccn12. The number of nitrogens with zero attached hydrogens (tertiary/aromatic N) is 3. The van der Waals surface area contributed by atoms with Gasteiger partial charge in [0, 0.05) is 18.3 Å². The van der Waals surface area contributed by atoms with Gasteiger partial charge in [-0.1, -0.05) is 12.1 Å². The summed E-state index contributed by atoms with van der Waals surface area (Å²) >= 11 is 0. The molecule has 0 amide bonds.